The van der Waals surface area contributed by atoms with Crippen molar-refractivity contribution in [3.8, 4) is 0 Å². The lowest BCUT2D eigenvalue weighted by atomic mass is 10.8. The van der Waals surface area contributed by atoms with Crippen molar-refractivity contribution in [2.75, 3.05) is 6.61 Å². The molecule has 0 saturated carbocycles. The lowest BCUT2D eigenvalue weighted by Gasteiger charge is -2.12. The van der Waals surface area contributed by atoms with Crippen molar-refractivity contribution in [3.63, 3.8) is 0 Å². The van der Waals surface area contributed by atoms with E-state index in [2.05, 4.69) is 37.9 Å². The van der Waals surface area contributed by atoms with E-state index < -0.39 is 3.41 Å². The molecule has 1 nitrogen and oxygen atoms in total. The fourth-order valence-corrected chi connectivity index (χ4v) is 1.74. The van der Waals surface area contributed by atoms with Gasteiger partial charge in [-0.3, -0.25) is 0 Å². The van der Waals surface area contributed by atoms with Crippen LogP contribution in [0.25, 0.3) is 0 Å². The molecule has 0 spiro atoms. The predicted octanol–water partition coefficient (Wildman–Crippen LogP) is -0.273. The average Bonchev–Trinajstić information content (AvgIpc) is 1.30. The van der Waals surface area contributed by atoms with Gasteiger partial charge in [-0.15, -0.1) is 37.9 Å². The number of rotatable bonds is 2. The van der Waals surface area contributed by atoms with E-state index in [1.807, 2.05) is 0 Å². The number of thiol groups is 3. The molecule has 7 heavy (non-hydrogen) atoms. The normalized spacial score (nSPS) is 12.4. The Morgan fingerprint density at radius 1 is 1.43 bits per heavy atom. The molecule has 0 aliphatic carbocycles. The number of hydrogen-bond donors (Lipinski definition) is 3. The summed E-state index contributed by atoms with van der Waals surface area (Å²) in [7, 11) is 0.723. The second-order valence-electron chi connectivity index (χ2n) is 1.21. The van der Waals surface area contributed by atoms with E-state index in [0.717, 1.165) is 10.5 Å². The van der Waals surface area contributed by atoms with Crippen LogP contribution in [0.1, 0.15) is 0 Å². The summed E-state index contributed by atoms with van der Waals surface area (Å²) < 4.78 is 4.26. The Morgan fingerprint density at radius 3 is 1.86 bits per heavy atom. The molecule has 0 unspecified atom stereocenters. The maximum atomic E-state index is 4.82. The van der Waals surface area contributed by atoms with E-state index in [4.69, 9.17) is 4.43 Å². The van der Waals surface area contributed by atoms with Crippen molar-refractivity contribution in [2.45, 2.75) is 3.41 Å². The molecule has 0 rings (SSSR count). The maximum absolute atomic E-state index is 4.82. The molecule has 44 valence electrons. The van der Waals surface area contributed by atoms with Crippen molar-refractivity contribution >= 4 is 48.4 Å². The van der Waals surface area contributed by atoms with E-state index >= 15 is 0 Å². The van der Waals surface area contributed by atoms with Gasteiger partial charge in [-0.05, 0) is 0 Å². The van der Waals surface area contributed by atoms with Gasteiger partial charge in [0.2, 0.25) is 0 Å². The number of hydrogen-bond acceptors (Lipinski definition) is 4. The van der Waals surface area contributed by atoms with Crippen LogP contribution in [0.2, 0.25) is 0 Å². The fourth-order valence-electron chi connectivity index (χ4n) is 0.194. The smallest absolute Gasteiger partial charge is 0.146 e. The van der Waals surface area contributed by atoms with Gasteiger partial charge in [0.25, 0.3) is 0 Å². The average molecular weight is 172 g/mol. The van der Waals surface area contributed by atoms with E-state index in [-0.39, 0.29) is 0 Å². The summed E-state index contributed by atoms with van der Waals surface area (Å²) in [5.41, 5.74) is 0. The molecule has 0 aromatic heterocycles. The van der Waals surface area contributed by atoms with Crippen LogP contribution < -0.4 is 0 Å². The highest BCUT2D eigenvalue weighted by molar-refractivity contribution is 8.17. The molecule has 0 aliphatic heterocycles. The van der Waals surface area contributed by atoms with Crippen LogP contribution in [0.3, 0.4) is 0 Å². The molecule has 0 aromatic carbocycles. The lowest BCUT2D eigenvalue weighted by molar-refractivity contribution is 0.366. The third-order valence-electron chi connectivity index (χ3n) is 0.338. The van der Waals surface area contributed by atoms with E-state index in [0.29, 0.717) is 6.61 Å². The Bertz CT molecular complexity index is 51.4. The minimum absolute atomic E-state index is 0.495. The van der Waals surface area contributed by atoms with E-state index in [1.165, 1.54) is 0 Å². The van der Waals surface area contributed by atoms with E-state index in [9.17, 15) is 0 Å². The molecule has 0 heterocycles. The van der Waals surface area contributed by atoms with Gasteiger partial charge in [0.05, 0.1) is 6.61 Å². The first-order valence-corrected chi connectivity index (χ1v) is 3.88. The molecule has 0 N–H and O–H groups in total. The van der Waals surface area contributed by atoms with Crippen molar-refractivity contribution in [3.05, 3.63) is 0 Å². The van der Waals surface area contributed by atoms with Crippen LogP contribution in [0.5, 0.6) is 0 Å². The summed E-state index contributed by atoms with van der Waals surface area (Å²) in [6.07, 6.45) is 0. The second kappa shape index (κ2) is 3.29. The van der Waals surface area contributed by atoms with Crippen LogP contribution in [-0.4, -0.2) is 20.5 Å². The third kappa shape index (κ3) is 7.23. The van der Waals surface area contributed by atoms with Gasteiger partial charge in [0.1, 0.15) is 13.9 Å². The topological polar surface area (TPSA) is 9.23 Å². The lowest BCUT2D eigenvalue weighted by Crippen LogP contribution is -2.11. The monoisotopic (exact) mass is 172 g/mol. The zero-order valence-corrected chi connectivity index (χ0v) is 8.64. The highest BCUT2D eigenvalue weighted by Crippen LogP contribution is 2.23. The van der Waals surface area contributed by atoms with Gasteiger partial charge >= 0.3 is 0 Å². The zero-order valence-electron chi connectivity index (χ0n) is 3.96. The van der Waals surface area contributed by atoms with Crippen molar-refractivity contribution in [1.82, 2.24) is 0 Å². The van der Waals surface area contributed by atoms with Gasteiger partial charge in [0.15, 0.2) is 0 Å². The summed E-state index contributed by atoms with van der Waals surface area (Å²) in [5.74, 6) is 0. The molecular formula is C2H8OS3Si. The van der Waals surface area contributed by atoms with Crippen LogP contribution in [0.15, 0.2) is 0 Å². The van der Waals surface area contributed by atoms with Gasteiger partial charge in [0, 0.05) is 0 Å². The molecule has 0 amide bonds. The van der Waals surface area contributed by atoms with Crippen LogP contribution in [0, 0.1) is 0 Å². The molecular weight excluding hydrogens is 164 g/mol. The summed E-state index contributed by atoms with van der Waals surface area (Å²) in [4.78, 5) is 0. The highest BCUT2D eigenvalue weighted by atomic mass is 32.2. The molecule has 0 aliphatic rings. The molecule has 0 fully saturated rings. The van der Waals surface area contributed by atoms with Crippen LogP contribution >= 0.6 is 37.9 Å². The van der Waals surface area contributed by atoms with Gasteiger partial charge in [-0.1, -0.05) is 0 Å². The minimum Gasteiger partial charge on any atom is -0.425 e. The molecule has 5 heteroatoms. The highest BCUT2D eigenvalue weighted by Gasteiger charge is 2.10. The van der Waals surface area contributed by atoms with Crippen molar-refractivity contribution in [2.24, 2.45) is 0 Å². The van der Waals surface area contributed by atoms with Crippen molar-refractivity contribution < 1.29 is 4.43 Å². The molecule has 0 aromatic rings. The van der Waals surface area contributed by atoms with Crippen molar-refractivity contribution in [1.29, 1.82) is 0 Å². The molecule has 0 atom stereocenters. The Hall–Kier alpha value is 1.23. The van der Waals surface area contributed by atoms with Gasteiger partial charge in [-0.2, -0.15) is 0 Å². The minimum atomic E-state index is -0.554. The largest absolute Gasteiger partial charge is 0.425 e. The first-order valence-electron chi connectivity index (χ1n) is 1.72. The Kier molecular flexibility index (Phi) is 3.87. The standard InChI is InChI=1S/C2H8OS3Si/c4-2(5,6)1-3-7/h4-6H,1H2,7H3. The van der Waals surface area contributed by atoms with Crippen LogP contribution in [0.4, 0.5) is 0 Å². The van der Waals surface area contributed by atoms with Gasteiger partial charge in [-0.25, -0.2) is 0 Å². The second-order valence-corrected chi connectivity index (χ2v) is 5.13. The summed E-state index contributed by atoms with van der Waals surface area (Å²) in [6.45, 7) is 0.495. The van der Waals surface area contributed by atoms with E-state index in [1.54, 1.807) is 0 Å². The first kappa shape index (κ1) is 8.23. The Labute approximate surface area is 63.0 Å². The first-order chi connectivity index (χ1) is 3.06. The fraction of sp³-hybridized carbons (Fsp3) is 1.00. The summed E-state index contributed by atoms with van der Waals surface area (Å²) in [5, 5.41) is 0. The zero-order chi connectivity index (χ0) is 5.91. The van der Waals surface area contributed by atoms with Gasteiger partial charge < -0.3 is 4.43 Å². The SMILES string of the molecule is [SiH3]OCC(S)(S)S. The van der Waals surface area contributed by atoms with Crippen LogP contribution in [-0.2, 0) is 4.43 Å². The maximum Gasteiger partial charge on any atom is 0.146 e. The Morgan fingerprint density at radius 2 is 1.86 bits per heavy atom. The quantitative estimate of drug-likeness (QED) is 0.295. The predicted molar refractivity (Wildman–Crippen MR) is 45.6 cm³/mol. The third-order valence-corrected chi connectivity index (χ3v) is 1.01. The molecule has 0 radical (unpaired) electrons. The summed E-state index contributed by atoms with van der Waals surface area (Å²) >= 11 is 11.9. The Balaban J connectivity index is 3.15. The molecule has 0 bridgehead atoms. The summed E-state index contributed by atoms with van der Waals surface area (Å²) in [6, 6.07) is 0. The molecule has 0 saturated heterocycles.